The summed E-state index contributed by atoms with van der Waals surface area (Å²) in [5, 5.41) is 3.34. The number of oxazole rings is 1. The summed E-state index contributed by atoms with van der Waals surface area (Å²) in [6.45, 7) is 8.61. The molecule has 1 aromatic carbocycles. The maximum absolute atomic E-state index is 12.1. The van der Waals surface area contributed by atoms with Crippen LogP contribution >= 0.6 is 11.8 Å². The van der Waals surface area contributed by atoms with Gasteiger partial charge in [-0.1, -0.05) is 11.8 Å². The van der Waals surface area contributed by atoms with Crippen LogP contribution in [0.5, 0.6) is 11.5 Å². The van der Waals surface area contributed by atoms with Gasteiger partial charge in [-0.3, -0.25) is 4.79 Å². The standard InChI is InChI=1S/C17H22N2O4S/c1-5-21-14-8-7-13(9-15(14)22-6-2)19-16(20)10-24-17-18-11(3)12(4)23-17/h7-9H,5-6,10H2,1-4H3,(H,19,20). The highest BCUT2D eigenvalue weighted by Crippen LogP contribution is 2.30. The number of hydrogen-bond acceptors (Lipinski definition) is 6. The Bertz CT molecular complexity index is 680. The van der Waals surface area contributed by atoms with Crippen LogP contribution in [0.4, 0.5) is 5.69 Å². The highest BCUT2D eigenvalue weighted by atomic mass is 32.2. The van der Waals surface area contributed by atoms with Gasteiger partial charge in [0.05, 0.1) is 24.7 Å². The van der Waals surface area contributed by atoms with E-state index in [1.807, 2.05) is 27.7 Å². The monoisotopic (exact) mass is 350 g/mol. The van der Waals surface area contributed by atoms with Crippen molar-refractivity contribution in [1.29, 1.82) is 0 Å². The smallest absolute Gasteiger partial charge is 0.256 e. The lowest BCUT2D eigenvalue weighted by molar-refractivity contribution is -0.113. The van der Waals surface area contributed by atoms with Crippen LogP contribution in [0, 0.1) is 13.8 Å². The summed E-state index contributed by atoms with van der Waals surface area (Å²) in [7, 11) is 0. The second-order valence-electron chi connectivity index (χ2n) is 4.99. The zero-order chi connectivity index (χ0) is 17.5. The first-order chi connectivity index (χ1) is 11.5. The molecule has 130 valence electrons. The van der Waals surface area contributed by atoms with Gasteiger partial charge in [0.2, 0.25) is 5.91 Å². The summed E-state index contributed by atoms with van der Waals surface area (Å²) < 4.78 is 16.5. The number of ether oxygens (including phenoxy) is 2. The van der Waals surface area contributed by atoms with Crippen molar-refractivity contribution in [1.82, 2.24) is 4.98 Å². The molecular formula is C17H22N2O4S. The molecule has 0 radical (unpaired) electrons. The van der Waals surface area contributed by atoms with E-state index >= 15 is 0 Å². The molecule has 0 saturated heterocycles. The zero-order valence-corrected chi connectivity index (χ0v) is 15.2. The molecule has 0 unspecified atom stereocenters. The van der Waals surface area contributed by atoms with Crippen molar-refractivity contribution >= 4 is 23.4 Å². The van der Waals surface area contributed by atoms with E-state index in [0.717, 1.165) is 11.5 Å². The summed E-state index contributed by atoms with van der Waals surface area (Å²) in [5.74, 6) is 2.13. The Labute approximate surface area is 145 Å². The molecule has 7 heteroatoms. The molecule has 6 nitrogen and oxygen atoms in total. The van der Waals surface area contributed by atoms with E-state index < -0.39 is 0 Å². The molecule has 0 atom stereocenters. The third-order valence-corrected chi connectivity index (χ3v) is 3.99. The van der Waals surface area contributed by atoms with E-state index in [2.05, 4.69) is 10.3 Å². The van der Waals surface area contributed by atoms with E-state index in [-0.39, 0.29) is 11.7 Å². The highest BCUT2D eigenvalue weighted by molar-refractivity contribution is 7.99. The van der Waals surface area contributed by atoms with Crippen LogP contribution in [0.1, 0.15) is 25.3 Å². The van der Waals surface area contributed by atoms with Crippen molar-refractivity contribution in [2.75, 3.05) is 24.3 Å². The second-order valence-corrected chi connectivity index (χ2v) is 5.91. The van der Waals surface area contributed by atoms with E-state index in [4.69, 9.17) is 13.9 Å². The number of carbonyl (C=O) groups excluding carboxylic acids is 1. The van der Waals surface area contributed by atoms with Gasteiger partial charge in [0, 0.05) is 11.8 Å². The number of nitrogens with one attached hydrogen (secondary N) is 1. The molecule has 2 rings (SSSR count). The molecule has 0 aliphatic heterocycles. The molecule has 0 spiro atoms. The van der Waals surface area contributed by atoms with Crippen LogP contribution in [0.15, 0.2) is 27.8 Å². The molecule has 1 heterocycles. The highest BCUT2D eigenvalue weighted by Gasteiger charge is 2.11. The topological polar surface area (TPSA) is 73.6 Å². The summed E-state index contributed by atoms with van der Waals surface area (Å²) in [6.07, 6.45) is 0. The van der Waals surface area contributed by atoms with Crippen molar-refractivity contribution in [3.63, 3.8) is 0 Å². The van der Waals surface area contributed by atoms with Crippen LogP contribution in [-0.4, -0.2) is 29.9 Å². The van der Waals surface area contributed by atoms with E-state index in [0.29, 0.717) is 35.6 Å². The lowest BCUT2D eigenvalue weighted by Crippen LogP contribution is -2.14. The molecule has 0 aliphatic rings. The van der Waals surface area contributed by atoms with Gasteiger partial charge in [-0.05, 0) is 39.8 Å². The molecule has 1 amide bonds. The maximum atomic E-state index is 12.1. The molecule has 0 bridgehead atoms. The number of anilines is 1. The molecule has 0 aliphatic carbocycles. The van der Waals surface area contributed by atoms with Gasteiger partial charge < -0.3 is 19.2 Å². The predicted octanol–water partition coefficient (Wildman–Crippen LogP) is 3.82. The van der Waals surface area contributed by atoms with Crippen LogP contribution in [0.3, 0.4) is 0 Å². The van der Waals surface area contributed by atoms with E-state index in [9.17, 15) is 4.79 Å². The van der Waals surface area contributed by atoms with Crippen molar-refractivity contribution < 1.29 is 18.7 Å². The number of aromatic nitrogens is 1. The minimum atomic E-state index is -0.139. The number of amides is 1. The Morgan fingerprint density at radius 1 is 1.21 bits per heavy atom. The molecule has 1 aromatic heterocycles. The summed E-state index contributed by atoms with van der Waals surface area (Å²) >= 11 is 1.26. The van der Waals surface area contributed by atoms with Gasteiger partial charge in [0.25, 0.3) is 5.22 Å². The fourth-order valence-electron chi connectivity index (χ4n) is 1.96. The van der Waals surface area contributed by atoms with Crippen LogP contribution in [0.2, 0.25) is 0 Å². The first-order valence-corrected chi connectivity index (χ1v) is 8.78. The van der Waals surface area contributed by atoms with Gasteiger partial charge in [0.1, 0.15) is 5.76 Å². The Kier molecular flexibility index (Phi) is 6.54. The SMILES string of the molecule is CCOc1ccc(NC(=O)CSc2nc(C)c(C)o2)cc1OCC. The van der Waals surface area contributed by atoms with Gasteiger partial charge in [-0.15, -0.1) is 0 Å². The molecular weight excluding hydrogens is 328 g/mol. The number of hydrogen-bond donors (Lipinski definition) is 1. The average Bonchev–Trinajstić information content (AvgIpc) is 2.87. The Morgan fingerprint density at radius 2 is 1.92 bits per heavy atom. The summed E-state index contributed by atoms with van der Waals surface area (Å²) in [6, 6.07) is 5.34. The number of aryl methyl sites for hydroxylation is 2. The maximum Gasteiger partial charge on any atom is 0.256 e. The van der Waals surface area contributed by atoms with Crippen molar-refractivity contribution in [3.8, 4) is 11.5 Å². The quantitative estimate of drug-likeness (QED) is 0.730. The third-order valence-electron chi connectivity index (χ3n) is 3.16. The fraction of sp³-hybridized carbons (Fsp3) is 0.412. The summed E-state index contributed by atoms with van der Waals surface area (Å²) in [5.41, 5.74) is 1.50. The molecule has 0 saturated carbocycles. The normalized spacial score (nSPS) is 10.5. The lowest BCUT2D eigenvalue weighted by Gasteiger charge is -2.12. The Morgan fingerprint density at radius 3 is 2.54 bits per heavy atom. The number of benzene rings is 1. The number of thioether (sulfide) groups is 1. The van der Waals surface area contributed by atoms with Gasteiger partial charge in [-0.25, -0.2) is 4.98 Å². The second kappa shape index (κ2) is 8.63. The average molecular weight is 350 g/mol. The fourth-order valence-corrected chi connectivity index (χ4v) is 2.67. The lowest BCUT2D eigenvalue weighted by atomic mass is 10.2. The first kappa shape index (κ1) is 18.2. The zero-order valence-electron chi connectivity index (χ0n) is 14.3. The Hall–Kier alpha value is -2.15. The third kappa shape index (κ3) is 4.92. The van der Waals surface area contributed by atoms with Crippen molar-refractivity contribution in [2.24, 2.45) is 0 Å². The molecule has 1 N–H and O–H groups in total. The largest absolute Gasteiger partial charge is 0.490 e. The van der Waals surface area contributed by atoms with Crippen LogP contribution in [-0.2, 0) is 4.79 Å². The molecule has 0 fully saturated rings. The predicted molar refractivity (Wildman–Crippen MR) is 94.1 cm³/mol. The first-order valence-electron chi connectivity index (χ1n) is 7.79. The Balaban J connectivity index is 1.96. The minimum absolute atomic E-state index is 0.139. The van der Waals surface area contributed by atoms with E-state index in [1.165, 1.54) is 11.8 Å². The van der Waals surface area contributed by atoms with Crippen molar-refractivity contribution in [2.45, 2.75) is 32.9 Å². The van der Waals surface area contributed by atoms with Crippen LogP contribution < -0.4 is 14.8 Å². The number of carbonyl (C=O) groups is 1. The minimum Gasteiger partial charge on any atom is -0.490 e. The van der Waals surface area contributed by atoms with Gasteiger partial charge >= 0.3 is 0 Å². The van der Waals surface area contributed by atoms with Crippen LogP contribution in [0.25, 0.3) is 0 Å². The molecule has 24 heavy (non-hydrogen) atoms. The molecule has 2 aromatic rings. The van der Waals surface area contributed by atoms with Crippen molar-refractivity contribution in [3.05, 3.63) is 29.7 Å². The van der Waals surface area contributed by atoms with Gasteiger partial charge in [0.15, 0.2) is 11.5 Å². The van der Waals surface area contributed by atoms with Gasteiger partial charge in [-0.2, -0.15) is 0 Å². The number of rotatable bonds is 8. The number of nitrogens with zero attached hydrogens (tertiary/aromatic N) is 1. The van der Waals surface area contributed by atoms with E-state index in [1.54, 1.807) is 18.2 Å². The summed E-state index contributed by atoms with van der Waals surface area (Å²) in [4.78, 5) is 16.3.